The molecule has 0 atom stereocenters. The molecule has 35 heavy (non-hydrogen) atoms. The number of thiocarbonyl (C=S) groups is 1. The smallest absolute Gasteiger partial charge is 0.270 e. The van der Waals surface area contributed by atoms with Gasteiger partial charge in [-0.05, 0) is 70.9 Å². The van der Waals surface area contributed by atoms with Crippen molar-refractivity contribution in [1.82, 2.24) is 0 Å². The van der Waals surface area contributed by atoms with Gasteiger partial charge in [0.25, 0.3) is 5.91 Å². The van der Waals surface area contributed by atoms with Crippen LogP contribution in [0.1, 0.15) is 18.1 Å². The molecule has 1 aliphatic heterocycles. The molecular formula is C25H17BrCl2FNO3S2. The molecule has 0 radical (unpaired) electrons. The number of anilines is 1. The van der Waals surface area contributed by atoms with Crippen LogP contribution in [0, 0.1) is 5.82 Å². The Hall–Kier alpha value is -2.10. The van der Waals surface area contributed by atoms with Crippen LogP contribution in [0.5, 0.6) is 11.5 Å². The van der Waals surface area contributed by atoms with Crippen LogP contribution in [-0.2, 0) is 11.4 Å². The molecule has 0 aliphatic carbocycles. The fourth-order valence-corrected chi connectivity index (χ4v) is 5.64. The number of carbonyl (C=O) groups is 1. The van der Waals surface area contributed by atoms with Crippen molar-refractivity contribution in [3.63, 3.8) is 0 Å². The molecule has 0 spiro atoms. The Kier molecular flexibility index (Phi) is 8.39. The number of hydrogen-bond acceptors (Lipinski definition) is 5. The third kappa shape index (κ3) is 5.84. The fourth-order valence-electron chi connectivity index (χ4n) is 3.32. The number of para-hydroxylation sites is 1. The van der Waals surface area contributed by atoms with Crippen LogP contribution >= 0.6 is 63.1 Å². The van der Waals surface area contributed by atoms with Gasteiger partial charge in [0, 0.05) is 15.6 Å². The van der Waals surface area contributed by atoms with E-state index in [1.165, 1.54) is 17.0 Å². The minimum atomic E-state index is -0.520. The van der Waals surface area contributed by atoms with Crippen molar-refractivity contribution < 1.29 is 18.7 Å². The van der Waals surface area contributed by atoms with Crippen LogP contribution in [0.25, 0.3) is 6.08 Å². The maximum Gasteiger partial charge on any atom is 0.270 e. The number of thioether (sulfide) groups is 1. The molecule has 0 aromatic heterocycles. The molecule has 3 aromatic carbocycles. The second-order valence-electron chi connectivity index (χ2n) is 7.26. The molecule has 1 amide bonds. The summed E-state index contributed by atoms with van der Waals surface area (Å²) in [4.78, 5) is 14.6. The first-order chi connectivity index (χ1) is 16.8. The van der Waals surface area contributed by atoms with Gasteiger partial charge >= 0.3 is 0 Å². The van der Waals surface area contributed by atoms with E-state index >= 15 is 0 Å². The summed E-state index contributed by atoms with van der Waals surface area (Å²) in [5.74, 6) is 0.0716. The van der Waals surface area contributed by atoms with Crippen LogP contribution < -0.4 is 14.4 Å². The lowest BCUT2D eigenvalue weighted by Crippen LogP contribution is -2.28. The van der Waals surface area contributed by atoms with Crippen molar-refractivity contribution in [3.05, 3.63) is 91.0 Å². The van der Waals surface area contributed by atoms with E-state index in [1.54, 1.807) is 48.5 Å². The zero-order valence-corrected chi connectivity index (χ0v) is 22.9. The molecule has 0 unspecified atom stereocenters. The van der Waals surface area contributed by atoms with Gasteiger partial charge < -0.3 is 9.47 Å². The molecule has 0 bridgehead atoms. The second kappa shape index (κ2) is 11.3. The lowest BCUT2D eigenvalue weighted by Gasteiger charge is -2.16. The minimum absolute atomic E-state index is 0.124. The summed E-state index contributed by atoms with van der Waals surface area (Å²) >= 11 is 22.2. The number of amides is 1. The molecule has 1 aliphatic rings. The third-order valence-corrected chi connectivity index (χ3v) is 7.38. The first-order valence-corrected chi connectivity index (χ1v) is 13.1. The predicted molar refractivity (Wildman–Crippen MR) is 148 cm³/mol. The highest BCUT2D eigenvalue weighted by Gasteiger charge is 2.34. The van der Waals surface area contributed by atoms with Gasteiger partial charge in [-0.3, -0.25) is 9.69 Å². The summed E-state index contributed by atoms with van der Waals surface area (Å²) in [5.41, 5.74) is 1.58. The fraction of sp³-hybridized carbons (Fsp3) is 0.120. The van der Waals surface area contributed by atoms with E-state index in [4.69, 9.17) is 44.9 Å². The van der Waals surface area contributed by atoms with E-state index in [2.05, 4.69) is 15.9 Å². The minimum Gasteiger partial charge on any atom is -0.490 e. The Bertz CT molecular complexity index is 1350. The molecule has 1 saturated heterocycles. The lowest BCUT2D eigenvalue weighted by atomic mass is 10.1. The van der Waals surface area contributed by atoms with Crippen molar-refractivity contribution in [2.24, 2.45) is 0 Å². The number of hydrogen-bond donors (Lipinski definition) is 0. The first kappa shape index (κ1) is 26.0. The number of benzene rings is 3. The first-order valence-electron chi connectivity index (χ1n) is 10.3. The molecular weight excluding hydrogens is 596 g/mol. The largest absolute Gasteiger partial charge is 0.490 e. The highest BCUT2D eigenvalue weighted by molar-refractivity contribution is 9.10. The third-order valence-electron chi connectivity index (χ3n) is 4.90. The molecule has 1 fully saturated rings. The number of rotatable bonds is 7. The maximum atomic E-state index is 14.3. The Labute approximate surface area is 230 Å². The van der Waals surface area contributed by atoms with Crippen molar-refractivity contribution in [2.75, 3.05) is 11.5 Å². The molecule has 3 aromatic rings. The highest BCUT2D eigenvalue weighted by atomic mass is 79.9. The van der Waals surface area contributed by atoms with E-state index in [-0.39, 0.29) is 16.6 Å². The van der Waals surface area contributed by atoms with Gasteiger partial charge in [0.15, 0.2) is 15.8 Å². The Morgan fingerprint density at radius 1 is 1.14 bits per heavy atom. The van der Waals surface area contributed by atoms with Crippen molar-refractivity contribution >= 4 is 85.1 Å². The number of carbonyl (C=O) groups excluding carboxylic acids is 1. The van der Waals surface area contributed by atoms with Gasteiger partial charge in [0.1, 0.15) is 12.4 Å². The summed E-state index contributed by atoms with van der Waals surface area (Å²) in [6.45, 7) is 2.47. The van der Waals surface area contributed by atoms with E-state index in [1.807, 2.05) is 6.92 Å². The van der Waals surface area contributed by atoms with Crippen molar-refractivity contribution in [1.29, 1.82) is 0 Å². The molecule has 4 nitrogen and oxygen atoms in total. The second-order valence-corrected chi connectivity index (χ2v) is 10.6. The summed E-state index contributed by atoms with van der Waals surface area (Å²) in [6, 6.07) is 14.8. The van der Waals surface area contributed by atoms with E-state index in [9.17, 15) is 9.18 Å². The van der Waals surface area contributed by atoms with E-state index < -0.39 is 11.7 Å². The summed E-state index contributed by atoms with van der Waals surface area (Å²) in [7, 11) is 0. The van der Waals surface area contributed by atoms with Crippen LogP contribution in [0.15, 0.2) is 64.0 Å². The van der Waals surface area contributed by atoms with Crippen LogP contribution in [0.3, 0.4) is 0 Å². The van der Waals surface area contributed by atoms with Crippen molar-refractivity contribution in [2.45, 2.75) is 13.5 Å². The predicted octanol–water partition coefficient (Wildman–Crippen LogP) is 8.28. The quantitative estimate of drug-likeness (QED) is 0.198. The van der Waals surface area contributed by atoms with Gasteiger partial charge in [0.2, 0.25) is 0 Å². The van der Waals surface area contributed by atoms with Gasteiger partial charge in [-0.15, -0.1) is 0 Å². The Morgan fingerprint density at radius 3 is 2.63 bits per heavy atom. The molecule has 10 heteroatoms. The van der Waals surface area contributed by atoms with Crippen LogP contribution in [0.2, 0.25) is 10.0 Å². The summed E-state index contributed by atoms with van der Waals surface area (Å²) in [6.07, 6.45) is 1.69. The van der Waals surface area contributed by atoms with Crippen molar-refractivity contribution in [3.8, 4) is 11.5 Å². The highest BCUT2D eigenvalue weighted by Crippen LogP contribution is 2.41. The summed E-state index contributed by atoms with van der Waals surface area (Å²) < 4.78 is 27.0. The number of halogens is 4. The average Bonchev–Trinajstić information content (AvgIpc) is 3.07. The van der Waals surface area contributed by atoms with Gasteiger partial charge in [-0.1, -0.05) is 65.4 Å². The maximum absolute atomic E-state index is 14.3. The average molecular weight is 613 g/mol. The number of ether oxygens (including phenoxy) is 2. The SMILES string of the molecule is CCOc1cc(/C=C2/SC(=S)N(c3ccccc3F)C2=O)cc(Br)c1OCc1ccc(Cl)cc1Cl. The van der Waals surface area contributed by atoms with Crippen LogP contribution in [-0.4, -0.2) is 16.8 Å². The molecule has 1 heterocycles. The molecule has 0 N–H and O–H groups in total. The topological polar surface area (TPSA) is 38.8 Å². The summed E-state index contributed by atoms with van der Waals surface area (Å²) in [5, 5.41) is 1.04. The van der Waals surface area contributed by atoms with Gasteiger partial charge in [0.05, 0.1) is 21.7 Å². The zero-order valence-electron chi connectivity index (χ0n) is 18.2. The van der Waals surface area contributed by atoms with Gasteiger partial charge in [-0.2, -0.15) is 0 Å². The van der Waals surface area contributed by atoms with Crippen LogP contribution in [0.4, 0.5) is 10.1 Å². The standard InChI is InChI=1S/C25H17BrCl2FNO3S2/c1-2-32-21-10-14(9-17(26)23(21)33-13-15-7-8-16(27)12-18(15)28)11-22-24(31)30(25(34)35-22)20-6-4-3-5-19(20)29/h3-12H,2,13H2,1H3/b22-11+. The normalized spacial score (nSPS) is 14.7. The molecule has 180 valence electrons. The monoisotopic (exact) mass is 611 g/mol. The number of nitrogens with zero attached hydrogens (tertiary/aromatic N) is 1. The van der Waals surface area contributed by atoms with Gasteiger partial charge in [-0.25, -0.2) is 4.39 Å². The van der Waals surface area contributed by atoms with E-state index in [0.717, 1.165) is 17.3 Å². The zero-order chi connectivity index (χ0) is 25.1. The Morgan fingerprint density at radius 2 is 1.91 bits per heavy atom. The Balaban J connectivity index is 1.61. The lowest BCUT2D eigenvalue weighted by molar-refractivity contribution is -0.113. The molecule has 4 rings (SSSR count). The molecule has 0 saturated carbocycles. The van der Waals surface area contributed by atoms with E-state index in [0.29, 0.717) is 43.1 Å².